The van der Waals surface area contributed by atoms with Gasteiger partial charge in [-0.2, -0.15) is 0 Å². The minimum absolute atomic E-state index is 0.0690. The van der Waals surface area contributed by atoms with E-state index in [1.54, 1.807) is 18.2 Å². The summed E-state index contributed by atoms with van der Waals surface area (Å²) in [6, 6.07) is 26.2. The molecule has 0 spiro atoms. The number of hydrogen-bond donors (Lipinski definition) is 2. The molecule has 1 aliphatic heterocycles. The summed E-state index contributed by atoms with van der Waals surface area (Å²) in [5.74, 6) is 0.279. The maximum absolute atomic E-state index is 12.9. The van der Waals surface area contributed by atoms with Crippen LogP contribution in [-0.4, -0.2) is 24.5 Å². The standard InChI is InChI=1S/C23H20N2O4S/c26-22(20-15-28-18-13-7-8-14-19(18)29-20)24-25-23(27)21(16-9-3-1-4-10-16)30-17-11-5-2-6-12-17/h1-14,20-21H,15H2,(H,24,26)(H,25,27)/t20-,21-/m0/s1. The second-order valence-electron chi connectivity index (χ2n) is 6.56. The maximum Gasteiger partial charge on any atom is 0.283 e. The molecule has 1 heterocycles. The minimum Gasteiger partial charge on any atom is -0.485 e. The first-order chi connectivity index (χ1) is 14.7. The number of carbonyl (C=O) groups excluding carboxylic acids is 2. The number of thioether (sulfide) groups is 1. The summed E-state index contributed by atoms with van der Waals surface area (Å²) in [5, 5.41) is -0.529. The number of hydrogen-bond acceptors (Lipinski definition) is 5. The molecule has 0 unspecified atom stereocenters. The number of nitrogens with one attached hydrogen (secondary N) is 2. The first-order valence-corrected chi connectivity index (χ1v) is 10.3. The first kappa shape index (κ1) is 19.8. The highest BCUT2D eigenvalue weighted by Crippen LogP contribution is 2.35. The Bertz CT molecular complexity index is 1010. The van der Waals surface area contributed by atoms with Crippen LogP contribution in [0, 0.1) is 0 Å². The van der Waals surface area contributed by atoms with E-state index in [-0.39, 0.29) is 12.5 Å². The first-order valence-electron chi connectivity index (χ1n) is 9.45. The van der Waals surface area contributed by atoms with Crippen molar-refractivity contribution in [3.8, 4) is 11.5 Å². The summed E-state index contributed by atoms with van der Waals surface area (Å²) >= 11 is 1.41. The monoisotopic (exact) mass is 420 g/mol. The average molecular weight is 420 g/mol. The van der Waals surface area contributed by atoms with Crippen LogP contribution >= 0.6 is 11.8 Å². The number of rotatable bonds is 5. The Morgan fingerprint density at radius 1 is 0.833 bits per heavy atom. The molecule has 4 rings (SSSR count). The summed E-state index contributed by atoms with van der Waals surface area (Å²) in [6.07, 6.45) is -0.850. The van der Waals surface area contributed by atoms with Crippen LogP contribution in [0.2, 0.25) is 0 Å². The molecule has 2 amide bonds. The van der Waals surface area contributed by atoms with Crippen LogP contribution in [0.1, 0.15) is 10.8 Å². The average Bonchev–Trinajstić information content (AvgIpc) is 2.81. The van der Waals surface area contributed by atoms with Crippen molar-refractivity contribution in [2.24, 2.45) is 0 Å². The maximum atomic E-state index is 12.9. The highest BCUT2D eigenvalue weighted by Gasteiger charge is 2.29. The third kappa shape index (κ3) is 4.75. The molecule has 0 aliphatic carbocycles. The number of amides is 2. The molecule has 0 saturated heterocycles. The van der Waals surface area contributed by atoms with E-state index in [9.17, 15) is 9.59 Å². The van der Waals surface area contributed by atoms with Crippen LogP contribution in [0.5, 0.6) is 11.5 Å². The zero-order valence-corrected chi connectivity index (χ0v) is 16.8. The third-order valence-corrected chi connectivity index (χ3v) is 5.71. The van der Waals surface area contributed by atoms with E-state index in [1.165, 1.54) is 11.8 Å². The molecule has 1 aliphatic rings. The van der Waals surface area contributed by atoms with Gasteiger partial charge in [0.2, 0.25) is 6.10 Å². The van der Waals surface area contributed by atoms with Crippen molar-refractivity contribution < 1.29 is 19.1 Å². The summed E-state index contributed by atoms with van der Waals surface area (Å²) in [6.45, 7) is 0.0690. The molecule has 3 aromatic carbocycles. The van der Waals surface area contributed by atoms with Crippen LogP contribution < -0.4 is 20.3 Å². The number of carbonyl (C=O) groups is 2. The lowest BCUT2D eigenvalue weighted by Gasteiger charge is -2.26. The van der Waals surface area contributed by atoms with Crippen LogP contribution in [-0.2, 0) is 9.59 Å². The van der Waals surface area contributed by atoms with E-state index in [0.717, 1.165) is 10.5 Å². The van der Waals surface area contributed by atoms with Gasteiger partial charge in [-0.15, -0.1) is 11.8 Å². The zero-order chi connectivity index (χ0) is 20.8. The molecule has 30 heavy (non-hydrogen) atoms. The zero-order valence-electron chi connectivity index (χ0n) is 16.0. The summed E-state index contributed by atoms with van der Waals surface area (Å²) in [4.78, 5) is 26.4. The molecule has 2 N–H and O–H groups in total. The minimum atomic E-state index is -0.850. The van der Waals surface area contributed by atoms with E-state index < -0.39 is 17.3 Å². The molecule has 7 heteroatoms. The topological polar surface area (TPSA) is 76.7 Å². The van der Waals surface area contributed by atoms with E-state index >= 15 is 0 Å². The molecule has 3 aromatic rings. The summed E-state index contributed by atoms with van der Waals surface area (Å²) in [5.41, 5.74) is 5.83. The van der Waals surface area contributed by atoms with Gasteiger partial charge in [-0.05, 0) is 29.8 Å². The van der Waals surface area contributed by atoms with E-state index in [4.69, 9.17) is 9.47 Å². The Hall–Kier alpha value is -3.45. The fraction of sp³-hybridized carbons (Fsp3) is 0.130. The SMILES string of the molecule is O=C(NNC(=O)[C@@H](Sc1ccccc1)c1ccccc1)[C@@H]1COc2ccccc2O1. The van der Waals surface area contributed by atoms with Gasteiger partial charge in [-0.3, -0.25) is 20.4 Å². The molecular weight excluding hydrogens is 400 g/mol. The molecule has 152 valence electrons. The Balaban J connectivity index is 1.41. The number of fused-ring (bicyclic) bond motifs is 1. The lowest BCUT2D eigenvalue weighted by Crippen LogP contribution is -2.51. The molecule has 0 bridgehead atoms. The van der Waals surface area contributed by atoms with Crippen molar-refractivity contribution in [2.75, 3.05) is 6.61 Å². The molecule has 0 fully saturated rings. The van der Waals surface area contributed by atoms with Crippen molar-refractivity contribution in [1.29, 1.82) is 0 Å². The fourth-order valence-electron chi connectivity index (χ4n) is 2.95. The molecule has 0 saturated carbocycles. The molecule has 0 radical (unpaired) electrons. The van der Waals surface area contributed by atoms with Crippen LogP contribution in [0.25, 0.3) is 0 Å². The van der Waals surface area contributed by atoms with Gasteiger partial charge in [0.1, 0.15) is 11.9 Å². The Morgan fingerprint density at radius 3 is 2.20 bits per heavy atom. The fourth-order valence-corrected chi connectivity index (χ4v) is 4.00. The van der Waals surface area contributed by atoms with Gasteiger partial charge in [0.05, 0.1) is 0 Å². The highest BCUT2D eigenvalue weighted by molar-refractivity contribution is 8.00. The number of para-hydroxylation sites is 2. The lowest BCUT2D eigenvalue weighted by molar-refractivity contribution is -0.135. The van der Waals surface area contributed by atoms with Crippen molar-refractivity contribution in [3.05, 3.63) is 90.5 Å². The van der Waals surface area contributed by atoms with E-state index in [0.29, 0.717) is 11.5 Å². The largest absolute Gasteiger partial charge is 0.485 e. The van der Waals surface area contributed by atoms with Crippen molar-refractivity contribution in [1.82, 2.24) is 10.9 Å². The molecule has 6 nitrogen and oxygen atoms in total. The van der Waals surface area contributed by atoms with Gasteiger partial charge in [0.15, 0.2) is 11.5 Å². The second kappa shape index (κ2) is 9.37. The quantitative estimate of drug-likeness (QED) is 0.488. The van der Waals surface area contributed by atoms with Gasteiger partial charge < -0.3 is 9.47 Å². The van der Waals surface area contributed by atoms with Gasteiger partial charge in [0, 0.05) is 4.90 Å². The van der Waals surface area contributed by atoms with Crippen molar-refractivity contribution >= 4 is 23.6 Å². The number of hydrazine groups is 1. The van der Waals surface area contributed by atoms with Gasteiger partial charge in [-0.25, -0.2) is 0 Å². The Labute approximate surface area is 178 Å². The lowest BCUT2D eigenvalue weighted by atomic mass is 10.1. The summed E-state index contributed by atoms with van der Waals surface area (Å²) in [7, 11) is 0. The van der Waals surface area contributed by atoms with E-state index in [2.05, 4.69) is 10.9 Å². The van der Waals surface area contributed by atoms with Crippen LogP contribution in [0.3, 0.4) is 0 Å². The smallest absolute Gasteiger partial charge is 0.283 e. The molecular formula is C23H20N2O4S. The van der Waals surface area contributed by atoms with Gasteiger partial charge in [0.25, 0.3) is 11.8 Å². The predicted molar refractivity (Wildman–Crippen MR) is 114 cm³/mol. The normalized spacial score (nSPS) is 15.7. The highest BCUT2D eigenvalue weighted by atomic mass is 32.2. The van der Waals surface area contributed by atoms with Crippen LogP contribution in [0.15, 0.2) is 89.8 Å². The number of ether oxygens (including phenoxy) is 2. The summed E-state index contributed by atoms with van der Waals surface area (Å²) < 4.78 is 11.2. The van der Waals surface area contributed by atoms with Gasteiger partial charge >= 0.3 is 0 Å². The molecule has 2 atom stereocenters. The molecule has 0 aromatic heterocycles. The number of benzene rings is 3. The van der Waals surface area contributed by atoms with Crippen molar-refractivity contribution in [3.63, 3.8) is 0 Å². The van der Waals surface area contributed by atoms with Crippen LogP contribution in [0.4, 0.5) is 0 Å². The van der Waals surface area contributed by atoms with Gasteiger partial charge in [-0.1, -0.05) is 60.7 Å². The van der Waals surface area contributed by atoms with E-state index in [1.807, 2.05) is 66.7 Å². The Kier molecular flexibility index (Phi) is 6.20. The third-order valence-electron chi connectivity index (χ3n) is 4.45. The second-order valence-corrected chi connectivity index (χ2v) is 7.74. The Morgan fingerprint density at radius 2 is 1.47 bits per heavy atom. The van der Waals surface area contributed by atoms with Crippen molar-refractivity contribution in [2.45, 2.75) is 16.2 Å². The predicted octanol–water partition coefficient (Wildman–Crippen LogP) is 3.51.